The highest BCUT2D eigenvalue weighted by molar-refractivity contribution is 7.14. The summed E-state index contributed by atoms with van der Waals surface area (Å²) in [5.74, 6) is 0.642. The van der Waals surface area contributed by atoms with Crippen molar-refractivity contribution in [1.29, 1.82) is 0 Å². The Balaban J connectivity index is 2.19. The van der Waals surface area contributed by atoms with Gasteiger partial charge in [-0.3, -0.25) is 4.79 Å². The first-order chi connectivity index (χ1) is 9.13. The predicted octanol–water partition coefficient (Wildman–Crippen LogP) is 4.11. The smallest absolute Gasteiger partial charge is 0.264 e. The fourth-order valence-corrected chi connectivity index (χ4v) is 3.99. The SMILES string of the molecule is CC(C)N(CCCl)C(=O)c1cc2c(s1)CCCCC2. The van der Waals surface area contributed by atoms with Crippen molar-refractivity contribution in [2.75, 3.05) is 12.4 Å². The Hall–Kier alpha value is -0.540. The van der Waals surface area contributed by atoms with Crippen LogP contribution in [0.5, 0.6) is 0 Å². The van der Waals surface area contributed by atoms with Crippen molar-refractivity contribution in [3.05, 3.63) is 21.4 Å². The molecule has 1 amide bonds. The zero-order valence-electron chi connectivity index (χ0n) is 11.7. The molecule has 0 fully saturated rings. The van der Waals surface area contributed by atoms with E-state index in [-0.39, 0.29) is 11.9 Å². The number of nitrogens with zero attached hydrogens (tertiary/aromatic N) is 1. The molecule has 106 valence electrons. The van der Waals surface area contributed by atoms with Crippen LogP contribution in [0.25, 0.3) is 0 Å². The zero-order valence-corrected chi connectivity index (χ0v) is 13.3. The van der Waals surface area contributed by atoms with Gasteiger partial charge >= 0.3 is 0 Å². The maximum Gasteiger partial charge on any atom is 0.264 e. The molecule has 1 heterocycles. The quantitative estimate of drug-likeness (QED) is 0.605. The topological polar surface area (TPSA) is 20.3 Å². The highest BCUT2D eigenvalue weighted by atomic mass is 35.5. The third-order valence-electron chi connectivity index (χ3n) is 3.67. The van der Waals surface area contributed by atoms with E-state index in [2.05, 4.69) is 6.07 Å². The van der Waals surface area contributed by atoms with Crippen molar-refractivity contribution >= 4 is 28.8 Å². The molecule has 0 aliphatic heterocycles. The normalized spacial score (nSPS) is 15.2. The number of carbonyl (C=O) groups excluding carboxylic acids is 1. The Labute approximate surface area is 124 Å². The lowest BCUT2D eigenvalue weighted by molar-refractivity contribution is 0.0723. The number of aryl methyl sites for hydroxylation is 2. The van der Waals surface area contributed by atoms with Gasteiger partial charge < -0.3 is 4.90 Å². The van der Waals surface area contributed by atoms with Crippen molar-refractivity contribution < 1.29 is 4.79 Å². The minimum atomic E-state index is 0.147. The largest absolute Gasteiger partial charge is 0.334 e. The van der Waals surface area contributed by atoms with E-state index in [4.69, 9.17) is 11.6 Å². The number of alkyl halides is 1. The number of rotatable bonds is 4. The van der Waals surface area contributed by atoms with E-state index < -0.39 is 0 Å². The van der Waals surface area contributed by atoms with Gasteiger partial charge in [0.2, 0.25) is 0 Å². The summed E-state index contributed by atoms with van der Waals surface area (Å²) >= 11 is 7.50. The number of amides is 1. The number of hydrogen-bond donors (Lipinski definition) is 0. The first kappa shape index (κ1) is 14.9. The molecule has 0 aromatic carbocycles. The summed E-state index contributed by atoms with van der Waals surface area (Å²) in [5.41, 5.74) is 1.40. The van der Waals surface area contributed by atoms with E-state index in [1.165, 1.54) is 29.7 Å². The van der Waals surface area contributed by atoms with E-state index in [1.807, 2.05) is 18.7 Å². The number of thiophene rings is 1. The molecule has 2 rings (SSSR count). The number of hydrogen-bond acceptors (Lipinski definition) is 2. The summed E-state index contributed by atoms with van der Waals surface area (Å²) < 4.78 is 0. The molecule has 0 unspecified atom stereocenters. The van der Waals surface area contributed by atoms with Gasteiger partial charge in [0.25, 0.3) is 5.91 Å². The molecule has 0 N–H and O–H groups in total. The molecule has 1 aromatic rings. The van der Waals surface area contributed by atoms with Gasteiger partial charge in [-0.2, -0.15) is 0 Å². The zero-order chi connectivity index (χ0) is 13.8. The molecule has 0 saturated heterocycles. The lowest BCUT2D eigenvalue weighted by Gasteiger charge is -2.25. The molecule has 2 nitrogen and oxygen atoms in total. The molecular weight excluding hydrogens is 278 g/mol. The van der Waals surface area contributed by atoms with Crippen molar-refractivity contribution in [3.8, 4) is 0 Å². The Morgan fingerprint density at radius 3 is 2.79 bits per heavy atom. The van der Waals surface area contributed by atoms with Gasteiger partial charge in [0, 0.05) is 23.3 Å². The fourth-order valence-electron chi connectivity index (χ4n) is 2.60. The average Bonchev–Trinajstić information content (AvgIpc) is 2.66. The Kier molecular flexibility index (Phi) is 5.28. The van der Waals surface area contributed by atoms with Crippen LogP contribution < -0.4 is 0 Å². The molecule has 19 heavy (non-hydrogen) atoms. The lowest BCUT2D eigenvalue weighted by Crippen LogP contribution is -2.37. The lowest BCUT2D eigenvalue weighted by atomic mass is 10.1. The van der Waals surface area contributed by atoms with Crippen LogP contribution in [0, 0.1) is 0 Å². The van der Waals surface area contributed by atoms with Crippen LogP contribution in [0.15, 0.2) is 6.07 Å². The summed E-state index contributed by atoms with van der Waals surface area (Å²) in [6.07, 6.45) is 6.11. The van der Waals surface area contributed by atoms with Crippen molar-refractivity contribution in [1.82, 2.24) is 4.90 Å². The highest BCUT2D eigenvalue weighted by Gasteiger charge is 2.22. The van der Waals surface area contributed by atoms with Crippen LogP contribution >= 0.6 is 22.9 Å². The van der Waals surface area contributed by atoms with E-state index in [0.717, 1.165) is 17.7 Å². The molecule has 0 spiro atoms. The Morgan fingerprint density at radius 2 is 2.11 bits per heavy atom. The predicted molar refractivity (Wildman–Crippen MR) is 82.5 cm³/mol. The van der Waals surface area contributed by atoms with Crippen LogP contribution in [-0.4, -0.2) is 29.3 Å². The Bertz CT molecular complexity index is 418. The van der Waals surface area contributed by atoms with Gasteiger partial charge in [-0.1, -0.05) is 6.42 Å². The third kappa shape index (κ3) is 3.51. The summed E-state index contributed by atoms with van der Waals surface area (Å²) in [6.45, 7) is 4.71. The van der Waals surface area contributed by atoms with Crippen LogP contribution in [0.4, 0.5) is 0 Å². The van der Waals surface area contributed by atoms with E-state index in [1.54, 1.807) is 11.3 Å². The summed E-state index contributed by atoms with van der Waals surface area (Å²) in [6, 6.07) is 2.32. The van der Waals surface area contributed by atoms with Crippen molar-refractivity contribution in [2.45, 2.75) is 52.0 Å². The molecule has 1 aliphatic carbocycles. The highest BCUT2D eigenvalue weighted by Crippen LogP contribution is 2.30. The van der Waals surface area contributed by atoms with Crippen LogP contribution in [0.2, 0.25) is 0 Å². The second-order valence-corrected chi connectivity index (χ2v) is 6.92. The maximum absolute atomic E-state index is 12.6. The van der Waals surface area contributed by atoms with Gasteiger partial charge in [-0.25, -0.2) is 0 Å². The van der Waals surface area contributed by atoms with Crippen LogP contribution in [0.3, 0.4) is 0 Å². The van der Waals surface area contributed by atoms with E-state index in [0.29, 0.717) is 12.4 Å². The fraction of sp³-hybridized carbons (Fsp3) is 0.667. The van der Waals surface area contributed by atoms with Crippen LogP contribution in [0.1, 0.15) is 53.2 Å². The van der Waals surface area contributed by atoms with E-state index in [9.17, 15) is 4.79 Å². The number of fused-ring (bicyclic) bond motifs is 1. The Morgan fingerprint density at radius 1 is 1.37 bits per heavy atom. The summed E-state index contributed by atoms with van der Waals surface area (Å²) in [4.78, 5) is 16.8. The van der Waals surface area contributed by atoms with Gasteiger partial charge in [0.1, 0.15) is 0 Å². The van der Waals surface area contributed by atoms with Gasteiger partial charge in [0.15, 0.2) is 0 Å². The van der Waals surface area contributed by atoms with Crippen molar-refractivity contribution in [2.24, 2.45) is 0 Å². The monoisotopic (exact) mass is 299 g/mol. The summed E-state index contributed by atoms with van der Waals surface area (Å²) in [5, 5.41) is 0. The second-order valence-electron chi connectivity index (χ2n) is 5.40. The van der Waals surface area contributed by atoms with Crippen LogP contribution in [-0.2, 0) is 12.8 Å². The molecular formula is C15H22ClNOS. The maximum atomic E-state index is 12.6. The van der Waals surface area contributed by atoms with Gasteiger partial charge in [-0.15, -0.1) is 22.9 Å². The molecule has 0 saturated carbocycles. The molecule has 4 heteroatoms. The minimum Gasteiger partial charge on any atom is -0.334 e. The number of carbonyl (C=O) groups is 1. The minimum absolute atomic E-state index is 0.147. The van der Waals surface area contributed by atoms with E-state index >= 15 is 0 Å². The molecule has 1 aliphatic rings. The molecule has 0 bridgehead atoms. The molecule has 1 aromatic heterocycles. The molecule has 0 atom stereocenters. The summed E-state index contributed by atoms with van der Waals surface area (Å²) in [7, 11) is 0. The first-order valence-electron chi connectivity index (χ1n) is 7.12. The van der Waals surface area contributed by atoms with Gasteiger partial charge in [0.05, 0.1) is 4.88 Å². The van der Waals surface area contributed by atoms with Crippen molar-refractivity contribution in [3.63, 3.8) is 0 Å². The second kappa shape index (κ2) is 6.76. The third-order valence-corrected chi connectivity index (χ3v) is 5.06. The molecule has 0 radical (unpaired) electrons. The first-order valence-corrected chi connectivity index (χ1v) is 8.47. The standard InChI is InChI=1S/C15H22ClNOS/c1-11(2)17(9-8-16)15(18)14-10-12-6-4-3-5-7-13(12)19-14/h10-11H,3-9H2,1-2H3. The average molecular weight is 300 g/mol. The number of halogens is 1. The van der Waals surface area contributed by atoms with Gasteiger partial charge in [-0.05, 0) is 51.2 Å².